The number of aryl methyl sites for hydroxylation is 2. The highest BCUT2D eigenvalue weighted by Crippen LogP contribution is 2.17. The van der Waals surface area contributed by atoms with E-state index in [2.05, 4.69) is 6.07 Å². The van der Waals surface area contributed by atoms with Gasteiger partial charge in [-0.3, -0.25) is 4.79 Å². The van der Waals surface area contributed by atoms with Crippen molar-refractivity contribution in [3.8, 4) is 6.07 Å². The number of nitrogens with zero attached hydrogens (tertiary/aromatic N) is 2. The molecule has 0 N–H and O–H groups in total. The molecule has 17 heavy (non-hydrogen) atoms. The van der Waals surface area contributed by atoms with Gasteiger partial charge in [0.25, 0.3) is 5.91 Å². The van der Waals surface area contributed by atoms with Crippen LogP contribution in [0, 0.1) is 25.2 Å². The van der Waals surface area contributed by atoms with Gasteiger partial charge in [0.05, 0.1) is 12.5 Å². The van der Waals surface area contributed by atoms with E-state index in [4.69, 9.17) is 5.26 Å². The molecule has 1 aromatic carbocycles. The van der Waals surface area contributed by atoms with Gasteiger partial charge in [-0.15, -0.1) is 0 Å². The molecular weight excluding hydrogens is 212 g/mol. The molecule has 0 aliphatic heterocycles. The lowest BCUT2D eigenvalue weighted by molar-refractivity contribution is 0.0745. The maximum atomic E-state index is 12.3. The number of hydrogen-bond donors (Lipinski definition) is 0. The zero-order chi connectivity index (χ0) is 13.0. The molecule has 0 spiro atoms. The number of carbonyl (C=O) groups excluding carboxylic acids is 1. The summed E-state index contributed by atoms with van der Waals surface area (Å²) < 4.78 is 0. The zero-order valence-electron chi connectivity index (χ0n) is 10.8. The van der Waals surface area contributed by atoms with Crippen LogP contribution in [0.4, 0.5) is 0 Å². The van der Waals surface area contributed by atoms with Crippen molar-refractivity contribution in [3.05, 3.63) is 34.9 Å². The van der Waals surface area contributed by atoms with Gasteiger partial charge in [0.2, 0.25) is 0 Å². The third-order valence-electron chi connectivity index (χ3n) is 3.06. The fraction of sp³-hybridized carbons (Fsp3) is 0.429. The molecule has 0 bridgehead atoms. The molecule has 1 atom stereocenters. The third-order valence-corrected chi connectivity index (χ3v) is 3.06. The van der Waals surface area contributed by atoms with E-state index in [0.29, 0.717) is 6.42 Å². The summed E-state index contributed by atoms with van der Waals surface area (Å²) in [4.78, 5) is 14.0. The summed E-state index contributed by atoms with van der Waals surface area (Å²) >= 11 is 0. The number of hydrogen-bond acceptors (Lipinski definition) is 2. The van der Waals surface area contributed by atoms with Crippen LogP contribution in [0.15, 0.2) is 18.2 Å². The van der Waals surface area contributed by atoms with Gasteiger partial charge in [-0.25, -0.2) is 0 Å². The summed E-state index contributed by atoms with van der Waals surface area (Å²) in [6.07, 6.45) is 0.354. The van der Waals surface area contributed by atoms with Crippen molar-refractivity contribution < 1.29 is 4.79 Å². The molecule has 0 aliphatic carbocycles. The maximum absolute atomic E-state index is 12.3. The highest BCUT2D eigenvalue weighted by molar-refractivity contribution is 5.97. The largest absolute Gasteiger partial charge is 0.338 e. The third kappa shape index (κ3) is 2.85. The van der Waals surface area contributed by atoms with E-state index in [1.54, 1.807) is 11.9 Å². The molecule has 0 saturated carbocycles. The minimum absolute atomic E-state index is 0.0108. The molecule has 0 saturated heterocycles. The van der Waals surface area contributed by atoms with Gasteiger partial charge in [0.15, 0.2) is 0 Å². The van der Waals surface area contributed by atoms with Crippen molar-refractivity contribution in [3.63, 3.8) is 0 Å². The second-order valence-corrected chi connectivity index (χ2v) is 4.39. The maximum Gasteiger partial charge on any atom is 0.254 e. The van der Waals surface area contributed by atoms with Crippen LogP contribution in [0.2, 0.25) is 0 Å². The predicted molar refractivity (Wildman–Crippen MR) is 67.7 cm³/mol. The topological polar surface area (TPSA) is 44.1 Å². The average Bonchev–Trinajstić information content (AvgIpc) is 2.27. The van der Waals surface area contributed by atoms with Gasteiger partial charge in [0, 0.05) is 18.7 Å². The van der Waals surface area contributed by atoms with Crippen molar-refractivity contribution in [2.45, 2.75) is 33.2 Å². The van der Waals surface area contributed by atoms with Gasteiger partial charge in [-0.2, -0.15) is 5.26 Å². The van der Waals surface area contributed by atoms with Gasteiger partial charge in [-0.05, 0) is 31.9 Å². The first-order chi connectivity index (χ1) is 7.99. The average molecular weight is 230 g/mol. The van der Waals surface area contributed by atoms with Crippen LogP contribution < -0.4 is 0 Å². The first-order valence-corrected chi connectivity index (χ1v) is 5.69. The molecular formula is C14H18N2O. The quantitative estimate of drug-likeness (QED) is 0.801. The Morgan fingerprint density at radius 1 is 1.41 bits per heavy atom. The lowest BCUT2D eigenvalue weighted by Gasteiger charge is -2.24. The van der Waals surface area contributed by atoms with E-state index < -0.39 is 0 Å². The minimum Gasteiger partial charge on any atom is -0.338 e. The Kier molecular flexibility index (Phi) is 4.28. The molecule has 0 aromatic heterocycles. The Balaban J connectivity index is 3.01. The van der Waals surface area contributed by atoms with E-state index in [9.17, 15) is 4.79 Å². The minimum atomic E-state index is -0.0634. The Labute approximate surface area is 103 Å². The second kappa shape index (κ2) is 5.49. The summed E-state index contributed by atoms with van der Waals surface area (Å²) in [5.41, 5.74) is 2.71. The molecule has 3 heteroatoms. The standard InChI is InChI=1S/C14H18N2O/c1-10-6-5-7-11(2)13(10)14(17)16(4)12(3)8-9-15/h5-7,12H,8H2,1-4H3. The normalized spacial score (nSPS) is 11.7. The Hall–Kier alpha value is -1.82. The first kappa shape index (κ1) is 13.2. The molecule has 0 radical (unpaired) electrons. The summed E-state index contributed by atoms with van der Waals surface area (Å²) in [5, 5.41) is 8.66. The lowest BCUT2D eigenvalue weighted by Crippen LogP contribution is -2.35. The molecule has 3 nitrogen and oxygen atoms in total. The van der Waals surface area contributed by atoms with Gasteiger partial charge < -0.3 is 4.90 Å². The number of amides is 1. The van der Waals surface area contributed by atoms with Crippen LogP contribution in [-0.4, -0.2) is 23.9 Å². The predicted octanol–water partition coefficient (Wildman–Crippen LogP) is 2.68. The van der Waals surface area contributed by atoms with E-state index in [1.807, 2.05) is 39.0 Å². The van der Waals surface area contributed by atoms with Crippen molar-refractivity contribution in [2.24, 2.45) is 0 Å². The highest BCUT2D eigenvalue weighted by Gasteiger charge is 2.20. The fourth-order valence-corrected chi connectivity index (χ4v) is 1.80. The monoisotopic (exact) mass is 230 g/mol. The van der Waals surface area contributed by atoms with Crippen LogP contribution >= 0.6 is 0 Å². The van der Waals surface area contributed by atoms with Crippen LogP contribution in [-0.2, 0) is 0 Å². The van der Waals surface area contributed by atoms with Crippen molar-refractivity contribution in [1.82, 2.24) is 4.90 Å². The second-order valence-electron chi connectivity index (χ2n) is 4.39. The number of benzene rings is 1. The van der Waals surface area contributed by atoms with Gasteiger partial charge in [-0.1, -0.05) is 18.2 Å². The summed E-state index contributed by atoms with van der Waals surface area (Å²) in [5.74, 6) is -0.0108. The summed E-state index contributed by atoms with van der Waals surface area (Å²) in [6.45, 7) is 5.75. The smallest absolute Gasteiger partial charge is 0.254 e. The van der Waals surface area contributed by atoms with Crippen LogP contribution in [0.3, 0.4) is 0 Å². The number of nitriles is 1. The Bertz CT molecular complexity index is 440. The van der Waals surface area contributed by atoms with Gasteiger partial charge >= 0.3 is 0 Å². The molecule has 0 aliphatic rings. The first-order valence-electron chi connectivity index (χ1n) is 5.69. The van der Waals surface area contributed by atoms with Crippen LogP contribution in [0.25, 0.3) is 0 Å². The van der Waals surface area contributed by atoms with E-state index in [0.717, 1.165) is 16.7 Å². The Morgan fingerprint density at radius 3 is 2.41 bits per heavy atom. The summed E-state index contributed by atoms with van der Waals surface area (Å²) in [6, 6.07) is 7.84. The van der Waals surface area contributed by atoms with Crippen molar-refractivity contribution in [1.29, 1.82) is 5.26 Å². The molecule has 0 fully saturated rings. The van der Waals surface area contributed by atoms with Gasteiger partial charge in [0.1, 0.15) is 0 Å². The Morgan fingerprint density at radius 2 is 1.94 bits per heavy atom. The molecule has 1 unspecified atom stereocenters. The molecule has 90 valence electrons. The molecule has 1 aromatic rings. The van der Waals surface area contributed by atoms with E-state index >= 15 is 0 Å². The van der Waals surface area contributed by atoms with Crippen molar-refractivity contribution in [2.75, 3.05) is 7.05 Å². The van der Waals surface area contributed by atoms with Crippen LogP contribution in [0.1, 0.15) is 34.8 Å². The van der Waals surface area contributed by atoms with E-state index in [-0.39, 0.29) is 11.9 Å². The molecule has 0 heterocycles. The SMILES string of the molecule is Cc1cccc(C)c1C(=O)N(C)C(C)CC#N. The summed E-state index contributed by atoms with van der Waals surface area (Å²) in [7, 11) is 1.75. The lowest BCUT2D eigenvalue weighted by atomic mass is 10.0. The zero-order valence-corrected chi connectivity index (χ0v) is 10.8. The fourth-order valence-electron chi connectivity index (χ4n) is 1.80. The molecule has 1 amide bonds. The number of rotatable bonds is 3. The van der Waals surface area contributed by atoms with Crippen molar-refractivity contribution >= 4 is 5.91 Å². The number of carbonyl (C=O) groups is 1. The van der Waals surface area contributed by atoms with E-state index in [1.165, 1.54) is 0 Å². The highest BCUT2D eigenvalue weighted by atomic mass is 16.2. The molecule has 1 rings (SSSR count). The van der Waals surface area contributed by atoms with Crippen LogP contribution in [0.5, 0.6) is 0 Å².